The third-order valence-corrected chi connectivity index (χ3v) is 4.98. The molecule has 0 aromatic rings. The van der Waals surface area contributed by atoms with E-state index < -0.39 is 0 Å². The van der Waals surface area contributed by atoms with Gasteiger partial charge in [0.15, 0.2) is 0 Å². The van der Waals surface area contributed by atoms with Crippen LogP contribution in [0.4, 0.5) is 0 Å². The molecule has 0 aromatic carbocycles. The lowest BCUT2D eigenvalue weighted by Crippen LogP contribution is -2.55. The summed E-state index contributed by atoms with van der Waals surface area (Å²) in [5.41, 5.74) is 0.450. The molecule has 2 heteroatoms. The fourth-order valence-electron chi connectivity index (χ4n) is 3.70. The highest BCUT2D eigenvalue weighted by atomic mass is 15.2. The zero-order valence-electron chi connectivity index (χ0n) is 14.3. The second kappa shape index (κ2) is 7.08. The van der Waals surface area contributed by atoms with E-state index in [-0.39, 0.29) is 0 Å². The molecule has 114 valence electrons. The van der Waals surface area contributed by atoms with E-state index in [0.717, 1.165) is 5.92 Å². The van der Waals surface area contributed by atoms with Crippen molar-refractivity contribution in [3.8, 4) is 0 Å². The lowest BCUT2D eigenvalue weighted by molar-refractivity contribution is 0.0427. The molecule has 0 aliphatic heterocycles. The third-order valence-electron chi connectivity index (χ3n) is 4.98. The first-order chi connectivity index (χ1) is 8.81. The molecule has 2 nitrogen and oxygen atoms in total. The molecule has 0 spiro atoms. The Morgan fingerprint density at radius 2 is 1.84 bits per heavy atom. The Balaban J connectivity index is 2.84. The van der Waals surface area contributed by atoms with Crippen LogP contribution in [0.3, 0.4) is 0 Å². The average molecular weight is 268 g/mol. The Morgan fingerprint density at radius 3 is 2.26 bits per heavy atom. The van der Waals surface area contributed by atoms with E-state index in [1.807, 2.05) is 0 Å². The zero-order chi connectivity index (χ0) is 14.6. The highest BCUT2D eigenvalue weighted by molar-refractivity contribution is 4.94. The average Bonchev–Trinajstić information content (AvgIpc) is 2.33. The van der Waals surface area contributed by atoms with Crippen LogP contribution in [-0.4, -0.2) is 36.6 Å². The smallest absolute Gasteiger partial charge is 0.0254 e. The zero-order valence-corrected chi connectivity index (χ0v) is 14.3. The molecule has 1 fully saturated rings. The van der Waals surface area contributed by atoms with Crippen molar-refractivity contribution in [1.29, 1.82) is 0 Å². The third kappa shape index (κ3) is 4.46. The van der Waals surface area contributed by atoms with Crippen molar-refractivity contribution >= 4 is 0 Å². The van der Waals surface area contributed by atoms with Gasteiger partial charge in [-0.2, -0.15) is 0 Å². The van der Waals surface area contributed by atoms with Gasteiger partial charge in [0.2, 0.25) is 0 Å². The Hall–Kier alpha value is -0.0800. The number of rotatable bonds is 5. The largest absolute Gasteiger partial charge is 0.315 e. The second-order valence-corrected chi connectivity index (χ2v) is 7.67. The summed E-state index contributed by atoms with van der Waals surface area (Å²) in [4.78, 5) is 2.74. The van der Waals surface area contributed by atoms with Crippen molar-refractivity contribution < 1.29 is 0 Å². The second-order valence-electron chi connectivity index (χ2n) is 7.67. The first-order valence-corrected chi connectivity index (χ1v) is 8.24. The molecule has 0 saturated heterocycles. The summed E-state index contributed by atoms with van der Waals surface area (Å²) in [5.74, 6) is 0.861. The molecule has 0 bridgehead atoms. The maximum atomic E-state index is 3.58. The van der Waals surface area contributed by atoms with Crippen LogP contribution in [0.15, 0.2) is 0 Å². The minimum Gasteiger partial charge on any atom is -0.315 e. The predicted molar refractivity (Wildman–Crippen MR) is 85.6 cm³/mol. The van der Waals surface area contributed by atoms with E-state index in [1.165, 1.54) is 32.2 Å². The molecule has 1 rings (SSSR count). The van der Waals surface area contributed by atoms with Gasteiger partial charge >= 0.3 is 0 Å². The van der Waals surface area contributed by atoms with Gasteiger partial charge in [-0.3, -0.25) is 4.90 Å². The van der Waals surface area contributed by atoms with Crippen LogP contribution in [0.5, 0.6) is 0 Å². The van der Waals surface area contributed by atoms with Crippen molar-refractivity contribution in [3.63, 3.8) is 0 Å². The van der Waals surface area contributed by atoms with Crippen LogP contribution in [-0.2, 0) is 0 Å². The molecule has 19 heavy (non-hydrogen) atoms. The maximum absolute atomic E-state index is 3.58. The van der Waals surface area contributed by atoms with Crippen molar-refractivity contribution in [2.45, 2.75) is 85.4 Å². The van der Waals surface area contributed by atoms with E-state index in [2.05, 4.69) is 58.8 Å². The van der Waals surface area contributed by atoms with Gasteiger partial charge in [0.05, 0.1) is 0 Å². The van der Waals surface area contributed by atoms with Crippen LogP contribution in [0.25, 0.3) is 0 Å². The molecule has 3 unspecified atom stereocenters. The van der Waals surface area contributed by atoms with Crippen molar-refractivity contribution in [2.75, 3.05) is 13.6 Å². The lowest BCUT2D eigenvalue weighted by atomic mass is 9.69. The Labute approximate surface area is 121 Å². The minimum absolute atomic E-state index is 0.450. The summed E-state index contributed by atoms with van der Waals surface area (Å²) >= 11 is 0. The summed E-state index contributed by atoms with van der Waals surface area (Å²) in [7, 11) is 2.14. The molecule has 0 amide bonds. The summed E-state index contributed by atoms with van der Waals surface area (Å²) in [6, 6.07) is 2.04. The predicted octanol–water partition coefficient (Wildman–Crippen LogP) is 3.91. The fourth-order valence-corrected chi connectivity index (χ4v) is 3.70. The standard InChI is InChI=1S/C17H36N2/c1-8-11-19(13(2)3)16-12-14(17(4,5)6)9-10-15(16)18-7/h13-16,18H,8-12H2,1-7H3. The van der Waals surface area contributed by atoms with E-state index in [4.69, 9.17) is 0 Å². The summed E-state index contributed by atoms with van der Waals surface area (Å²) in [6.07, 6.45) is 5.32. The first kappa shape index (κ1) is 17.0. The number of likely N-dealkylation sites (N-methyl/N-ethyl adjacent to an activating group) is 1. The van der Waals surface area contributed by atoms with Gasteiger partial charge < -0.3 is 5.32 Å². The molecular weight excluding hydrogens is 232 g/mol. The van der Waals surface area contributed by atoms with E-state index in [9.17, 15) is 0 Å². The molecular formula is C17H36N2. The Kier molecular flexibility index (Phi) is 6.32. The molecule has 0 radical (unpaired) electrons. The van der Waals surface area contributed by atoms with Crippen molar-refractivity contribution in [3.05, 3.63) is 0 Å². The lowest BCUT2D eigenvalue weighted by Gasteiger charge is -2.47. The van der Waals surface area contributed by atoms with Gasteiger partial charge in [-0.15, -0.1) is 0 Å². The molecule has 1 aliphatic carbocycles. The minimum atomic E-state index is 0.450. The van der Waals surface area contributed by atoms with Crippen LogP contribution < -0.4 is 5.32 Å². The number of hydrogen-bond donors (Lipinski definition) is 1. The van der Waals surface area contributed by atoms with Gasteiger partial charge in [0, 0.05) is 18.1 Å². The summed E-state index contributed by atoms with van der Waals surface area (Å²) < 4.78 is 0. The van der Waals surface area contributed by atoms with Gasteiger partial charge in [-0.05, 0) is 64.5 Å². The number of nitrogens with zero attached hydrogens (tertiary/aromatic N) is 1. The molecule has 1 N–H and O–H groups in total. The number of hydrogen-bond acceptors (Lipinski definition) is 2. The molecule has 1 aliphatic rings. The monoisotopic (exact) mass is 268 g/mol. The van der Waals surface area contributed by atoms with Gasteiger partial charge in [0.1, 0.15) is 0 Å². The summed E-state index contributed by atoms with van der Waals surface area (Å²) in [5, 5.41) is 3.58. The van der Waals surface area contributed by atoms with Gasteiger partial charge in [-0.25, -0.2) is 0 Å². The fraction of sp³-hybridized carbons (Fsp3) is 1.00. The highest BCUT2D eigenvalue weighted by Gasteiger charge is 2.38. The van der Waals surface area contributed by atoms with E-state index in [1.54, 1.807) is 0 Å². The van der Waals surface area contributed by atoms with E-state index in [0.29, 0.717) is 23.5 Å². The highest BCUT2D eigenvalue weighted by Crippen LogP contribution is 2.39. The normalized spacial score (nSPS) is 29.2. The van der Waals surface area contributed by atoms with E-state index >= 15 is 0 Å². The molecule has 0 aromatic heterocycles. The molecule has 0 heterocycles. The van der Waals surface area contributed by atoms with Crippen LogP contribution in [0.1, 0.15) is 67.2 Å². The maximum Gasteiger partial charge on any atom is 0.0254 e. The van der Waals surface area contributed by atoms with Gasteiger partial charge in [0.25, 0.3) is 0 Å². The topological polar surface area (TPSA) is 15.3 Å². The molecule has 3 atom stereocenters. The van der Waals surface area contributed by atoms with Crippen LogP contribution in [0.2, 0.25) is 0 Å². The van der Waals surface area contributed by atoms with Crippen molar-refractivity contribution in [2.24, 2.45) is 11.3 Å². The number of nitrogens with one attached hydrogen (secondary N) is 1. The van der Waals surface area contributed by atoms with Crippen LogP contribution >= 0.6 is 0 Å². The van der Waals surface area contributed by atoms with Crippen molar-refractivity contribution in [1.82, 2.24) is 10.2 Å². The van der Waals surface area contributed by atoms with Crippen LogP contribution in [0, 0.1) is 11.3 Å². The van der Waals surface area contributed by atoms with Gasteiger partial charge in [-0.1, -0.05) is 27.7 Å². The SMILES string of the molecule is CCCN(C(C)C)C1CC(C(C)(C)C)CCC1NC. The molecule has 1 saturated carbocycles. The first-order valence-electron chi connectivity index (χ1n) is 8.24. The summed E-state index contributed by atoms with van der Waals surface area (Å²) in [6.45, 7) is 15.5. The quantitative estimate of drug-likeness (QED) is 0.813. The Bertz CT molecular complexity index is 254. The Morgan fingerprint density at radius 1 is 1.21 bits per heavy atom.